The standard InChI is InChI=1S/C15H14BrClO/c1-9-5-12(7-13(16)6-9)15(18)11-4-3-10(2)14(17)8-11/h3-8,15,18H,1-2H3. The Labute approximate surface area is 121 Å². The van der Waals surface area contributed by atoms with Crippen LogP contribution in [0.5, 0.6) is 0 Å². The molecule has 0 heterocycles. The van der Waals surface area contributed by atoms with Gasteiger partial charge < -0.3 is 5.11 Å². The Kier molecular flexibility index (Phi) is 4.10. The third-order valence-electron chi connectivity index (χ3n) is 2.89. The zero-order valence-corrected chi connectivity index (χ0v) is 12.6. The molecule has 0 bridgehead atoms. The minimum atomic E-state index is -0.653. The maximum absolute atomic E-state index is 10.4. The molecule has 0 saturated heterocycles. The Morgan fingerprint density at radius 3 is 2.39 bits per heavy atom. The molecule has 0 radical (unpaired) electrons. The number of rotatable bonds is 2. The zero-order chi connectivity index (χ0) is 13.3. The fourth-order valence-corrected chi connectivity index (χ4v) is 2.71. The predicted molar refractivity (Wildman–Crippen MR) is 79.1 cm³/mol. The molecule has 1 unspecified atom stereocenters. The van der Waals surface area contributed by atoms with Gasteiger partial charge in [-0.15, -0.1) is 0 Å². The second kappa shape index (κ2) is 5.43. The second-order valence-electron chi connectivity index (χ2n) is 4.47. The molecule has 0 aromatic heterocycles. The van der Waals surface area contributed by atoms with Crippen LogP contribution in [0.2, 0.25) is 5.02 Å². The molecule has 1 N–H and O–H groups in total. The monoisotopic (exact) mass is 324 g/mol. The molecule has 18 heavy (non-hydrogen) atoms. The lowest BCUT2D eigenvalue weighted by Crippen LogP contribution is -2.00. The summed E-state index contributed by atoms with van der Waals surface area (Å²) in [6.07, 6.45) is -0.653. The van der Waals surface area contributed by atoms with Crippen LogP contribution in [0.15, 0.2) is 40.9 Å². The van der Waals surface area contributed by atoms with E-state index in [9.17, 15) is 5.11 Å². The Bertz CT molecular complexity index is 560. The minimum Gasteiger partial charge on any atom is -0.384 e. The molecule has 0 spiro atoms. The molecule has 0 aliphatic carbocycles. The van der Waals surface area contributed by atoms with Crippen molar-refractivity contribution in [2.45, 2.75) is 20.0 Å². The molecule has 0 aliphatic heterocycles. The van der Waals surface area contributed by atoms with Crippen molar-refractivity contribution in [2.24, 2.45) is 0 Å². The third kappa shape index (κ3) is 2.94. The van der Waals surface area contributed by atoms with Gasteiger partial charge >= 0.3 is 0 Å². The number of hydrogen-bond acceptors (Lipinski definition) is 1. The molecule has 2 rings (SSSR count). The van der Waals surface area contributed by atoms with E-state index in [2.05, 4.69) is 15.9 Å². The fourth-order valence-electron chi connectivity index (χ4n) is 1.89. The molecule has 0 aliphatic rings. The minimum absolute atomic E-state index is 0.653. The van der Waals surface area contributed by atoms with Gasteiger partial charge in [-0.1, -0.05) is 45.7 Å². The van der Waals surface area contributed by atoms with Gasteiger partial charge in [-0.2, -0.15) is 0 Å². The van der Waals surface area contributed by atoms with E-state index in [0.29, 0.717) is 5.02 Å². The first-order valence-corrected chi connectivity index (χ1v) is 6.85. The second-order valence-corrected chi connectivity index (χ2v) is 5.80. The first kappa shape index (κ1) is 13.6. The third-order valence-corrected chi connectivity index (χ3v) is 3.76. The highest BCUT2D eigenvalue weighted by Crippen LogP contribution is 2.28. The largest absolute Gasteiger partial charge is 0.384 e. The van der Waals surface area contributed by atoms with Crippen LogP contribution >= 0.6 is 27.5 Å². The fraction of sp³-hybridized carbons (Fsp3) is 0.200. The van der Waals surface area contributed by atoms with Crippen molar-refractivity contribution in [1.29, 1.82) is 0 Å². The summed E-state index contributed by atoms with van der Waals surface area (Å²) >= 11 is 9.53. The van der Waals surface area contributed by atoms with Gasteiger partial charge in [0.25, 0.3) is 0 Å². The predicted octanol–water partition coefficient (Wildman–Crippen LogP) is 4.80. The molecule has 3 heteroatoms. The number of benzene rings is 2. The van der Waals surface area contributed by atoms with E-state index in [-0.39, 0.29) is 0 Å². The summed E-state index contributed by atoms with van der Waals surface area (Å²) in [7, 11) is 0. The molecule has 1 atom stereocenters. The average Bonchev–Trinajstić information content (AvgIpc) is 2.30. The topological polar surface area (TPSA) is 20.2 Å². The smallest absolute Gasteiger partial charge is 0.104 e. The molecule has 0 fully saturated rings. The lowest BCUT2D eigenvalue weighted by atomic mass is 9.99. The first-order valence-electron chi connectivity index (χ1n) is 5.68. The van der Waals surface area contributed by atoms with E-state index in [1.807, 2.05) is 50.2 Å². The molecular formula is C15H14BrClO. The van der Waals surface area contributed by atoms with Crippen molar-refractivity contribution in [2.75, 3.05) is 0 Å². The van der Waals surface area contributed by atoms with Crippen molar-refractivity contribution in [1.82, 2.24) is 0 Å². The number of hydrogen-bond donors (Lipinski definition) is 1. The van der Waals surface area contributed by atoms with Crippen LogP contribution in [0.3, 0.4) is 0 Å². The maximum Gasteiger partial charge on any atom is 0.104 e. The normalized spacial score (nSPS) is 12.5. The van der Waals surface area contributed by atoms with Gasteiger partial charge in [-0.3, -0.25) is 0 Å². The Hall–Kier alpha value is -0.830. The lowest BCUT2D eigenvalue weighted by Gasteiger charge is -2.14. The van der Waals surface area contributed by atoms with Crippen LogP contribution in [0.4, 0.5) is 0 Å². The summed E-state index contributed by atoms with van der Waals surface area (Å²) in [5.41, 5.74) is 3.79. The molecule has 2 aromatic rings. The summed E-state index contributed by atoms with van der Waals surface area (Å²) in [6, 6.07) is 11.6. The van der Waals surface area contributed by atoms with Gasteiger partial charge in [0.05, 0.1) is 0 Å². The lowest BCUT2D eigenvalue weighted by molar-refractivity contribution is 0.220. The number of aliphatic hydroxyl groups excluding tert-OH is 1. The van der Waals surface area contributed by atoms with Crippen LogP contribution in [0.25, 0.3) is 0 Å². The summed E-state index contributed by atoms with van der Waals surface area (Å²) in [4.78, 5) is 0. The Morgan fingerprint density at radius 2 is 1.78 bits per heavy atom. The summed E-state index contributed by atoms with van der Waals surface area (Å²) in [5, 5.41) is 11.1. The zero-order valence-electron chi connectivity index (χ0n) is 10.2. The molecule has 1 nitrogen and oxygen atoms in total. The SMILES string of the molecule is Cc1cc(Br)cc(C(O)c2ccc(C)c(Cl)c2)c1. The number of halogens is 2. The van der Waals surface area contributed by atoms with Crippen molar-refractivity contribution in [3.05, 3.63) is 68.1 Å². The van der Waals surface area contributed by atoms with E-state index < -0.39 is 6.10 Å². The number of aryl methyl sites for hydroxylation is 2. The summed E-state index contributed by atoms with van der Waals surface area (Å²) in [6.45, 7) is 3.95. The van der Waals surface area contributed by atoms with Crippen LogP contribution < -0.4 is 0 Å². The van der Waals surface area contributed by atoms with Gasteiger partial charge in [-0.05, 0) is 54.3 Å². The first-order chi connectivity index (χ1) is 8.47. The van der Waals surface area contributed by atoms with Gasteiger partial charge in [0, 0.05) is 9.50 Å². The van der Waals surface area contributed by atoms with E-state index in [1.54, 1.807) is 0 Å². The van der Waals surface area contributed by atoms with Gasteiger partial charge in [0.15, 0.2) is 0 Å². The highest BCUT2D eigenvalue weighted by Gasteiger charge is 2.12. The van der Waals surface area contributed by atoms with Crippen molar-refractivity contribution in [3.8, 4) is 0 Å². The van der Waals surface area contributed by atoms with Crippen LogP contribution in [0, 0.1) is 13.8 Å². The highest BCUT2D eigenvalue weighted by atomic mass is 79.9. The molecule has 2 aromatic carbocycles. The van der Waals surface area contributed by atoms with Gasteiger partial charge in [-0.25, -0.2) is 0 Å². The van der Waals surface area contributed by atoms with E-state index in [4.69, 9.17) is 11.6 Å². The highest BCUT2D eigenvalue weighted by molar-refractivity contribution is 9.10. The molecular weight excluding hydrogens is 312 g/mol. The van der Waals surface area contributed by atoms with E-state index in [0.717, 1.165) is 26.7 Å². The van der Waals surface area contributed by atoms with E-state index in [1.165, 1.54) is 0 Å². The summed E-state index contributed by atoms with van der Waals surface area (Å²) < 4.78 is 0.967. The Balaban J connectivity index is 2.40. The Morgan fingerprint density at radius 1 is 1.06 bits per heavy atom. The maximum atomic E-state index is 10.4. The molecule has 94 valence electrons. The van der Waals surface area contributed by atoms with Gasteiger partial charge in [0.2, 0.25) is 0 Å². The van der Waals surface area contributed by atoms with Crippen LogP contribution in [-0.2, 0) is 0 Å². The quantitative estimate of drug-likeness (QED) is 0.841. The van der Waals surface area contributed by atoms with Crippen molar-refractivity contribution >= 4 is 27.5 Å². The van der Waals surface area contributed by atoms with Crippen molar-refractivity contribution < 1.29 is 5.11 Å². The van der Waals surface area contributed by atoms with Crippen LogP contribution in [0.1, 0.15) is 28.4 Å². The van der Waals surface area contributed by atoms with Crippen molar-refractivity contribution in [3.63, 3.8) is 0 Å². The summed E-state index contributed by atoms with van der Waals surface area (Å²) in [5.74, 6) is 0. The number of aliphatic hydroxyl groups is 1. The van der Waals surface area contributed by atoms with Crippen LogP contribution in [-0.4, -0.2) is 5.11 Å². The average molecular weight is 326 g/mol. The molecule has 0 saturated carbocycles. The van der Waals surface area contributed by atoms with E-state index >= 15 is 0 Å². The van der Waals surface area contributed by atoms with Gasteiger partial charge in [0.1, 0.15) is 6.10 Å². The molecule has 0 amide bonds.